The van der Waals surface area contributed by atoms with Crippen LogP contribution < -0.4 is 10.1 Å². The van der Waals surface area contributed by atoms with Crippen LogP contribution >= 0.6 is 11.3 Å². The van der Waals surface area contributed by atoms with E-state index in [1.165, 1.54) is 34.2 Å². The van der Waals surface area contributed by atoms with Gasteiger partial charge in [-0.1, -0.05) is 12.1 Å². The summed E-state index contributed by atoms with van der Waals surface area (Å²) < 4.78 is 5.28. The lowest BCUT2D eigenvalue weighted by Crippen LogP contribution is -2.14. The quantitative estimate of drug-likeness (QED) is 0.719. The minimum atomic E-state index is 0.286. The molecule has 124 valence electrons. The van der Waals surface area contributed by atoms with E-state index in [9.17, 15) is 0 Å². The summed E-state index contributed by atoms with van der Waals surface area (Å²) in [6.45, 7) is 4.30. The summed E-state index contributed by atoms with van der Waals surface area (Å²) in [5, 5.41) is 4.87. The van der Waals surface area contributed by atoms with E-state index in [4.69, 9.17) is 4.74 Å². The maximum absolute atomic E-state index is 5.28. The third-order valence-electron chi connectivity index (χ3n) is 4.83. The van der Waals surface area contributed by atoms with E-state index >= 15 is 0 Å². The van der Waals surface area contributed by atoms with Gasteiger partial charge in [0.15, 0.2) is 0 Å². The predicted molar refractivity (Wildman–Crippen MR) is 99.0 cm³/mol. The number of hydrogen-bond donors (Lipinski definition) is 1. The van der Waals surface area contributed by atoms with Crippen molar-refractivity contribution in [3.8, 4) is 5.75 Å². The molecule has 0 aliphatic heterocycles. The van der Waals surface area contributed by atoms with E-state index in [1.54, 1.807) is 24.8 Å². The van der Waals surface area contributed by atoms with Crippen molar-refractivity contribution in [2.75, 3.05) is 12.4 Å². The molecule has 1 aliphatic carbocycles. The molecule has 0 spiro atoms. The van der Waals surface area contributed by atoms with Crippen LogP contribution in [0.2, 0.25) is 0 Å². The maximum atomic E-state index is 5.28. The fourth-order valence-electron chi connectivity index (χ4n) is 3.15. The van der Waals surface area contributed by atoms with Crippen LogP contribution in [0.15, 0.2) is 30.6 Å². The highest BCUT2D eigenvalue weighted by molar-refractivity contribution is 7.18. The lowest BCUT2D eigenvalue weighted by Gasteiger charge is -2.20. The molecule has 1 saturated carbocycles. The highest BCUT2D eigenvalue weighted by Gasteiger charge is 2.33. The molecule has 0 bridgehead atoms. The number of nitrogens with one attached hydrogen (secondary N) is 1. The van der Waals surface area contributed by atoms with Gasteiger partial charge in [0.05, 0.1) is 18.5 Å². The van der Waals surface area contributed by atoms with Crippen LogP contribution in [0, 0.1) is 19.8 Å². The first kappa shape index (κ1) is 15.4. The fourth-order valence-corrected chi connectivity index (χ4v) is 4.15. The third-order valence-corrected chi connectivity index (χ3v) is 5.94. The normalized spacial score (nSPS) is 15.5. The molecule has 1 atom stereocenters. The van der Waals surface area contributed by atoms with Gasteiger partial charge in [0.2, 0.25) is 0 Å². The molecule has 1 aliphatic rings. The lowest BCUT2D eigenvalue weighted by atomic mass is 10.0. The maximum Gasteiger partial charge on any atom is 0.138 e. The third kappa shape index (κ3) is 2.73. The molecule has 4 rings (SSSR count). The Morgan fingerprint density at radius 1 is 1.17 bits per heavy atom. The number of rotatable bonds is 5. The first-order valence-electron chi connectivity index (χ1n) is 8.28. The van der Waals surface area contributed by atoms with Gasteiger partial charge in [-0.05, 0) is 55.9 Å². The first-order valence-corrected chi connectivity index (χ1v) is 9.10. The van der Waals surface area contributed by atoms with Gasteiger partial charge in [-0.2, -0.15) is 0 Å². The molecule has 0 amide bonds. The monoisotopic (exact) mass is 339 g/mol. The zero-order chi connectivity index (χ0) is 16.7. The van der Waals surface area contributed by atoms with Gasteiger partial charge in [-0.15, -0.1) is 11.3 Å². The number of benzene rings is 1. The van der Waals surface area contributed by atoms with Crippen molar-refractivity contribution in [2.45, 2.75) is 32.7 Å². The van der Waals surface area contributed by atoms with Crippen molar-refractivity contribution in [2.24, 2.45) is 5.92 Å². The number of anilines is 1. The van der Waals surface area contributed by atoms with Crippen LogP contribution in [0.4, 0.5) is 5.82 Å². The van der Waals surface area contributed by atoms with Crippen LogP contribution in [0.3, 0.4) is 0 Å². The van der Waals surface area contributed by atoms with Crippen LogP contribution in [-0.2, 0) is 0 Å². The zero-order valence-electron chi connectivity index (χ0n) is 14.2. The minimum absolute atomic E-state index is 0.286. The number of fused-ring (bicyclic) bond motifs is 1. The van der Waals surface area contributed by atoms with Gasteiger partial charge in [-0.25, -0.2) is 9.97 Å². The molecule has 2 heterocycles. The second kappa shape index (κ2) is 6.06. The Bertz CT molecular complexity index is 868. The molecule has 0 saturated heterocycles. The molecule has 0 radical (unpaired) electrons. The van der Waals surface area contributed by atoms with Crippen LogP contribution in [0.1, 0.15) is 34.9 Å². The molecular formula is C19H21N3OS. The fraction of sp³-hybridized carbons (Fsp3) is 0.368. The molecule has 4 nitrogen and oxygen atoms in total. The number of ether oxygens (including phenoxy) is 1. The van der Waals surface area contributed by atoms with Gasteiger partial charge in [-0.3, -0.25) is 0 Å². The predicted octanol–water partition coefficient (Wildman–Crippen LogP) is 4.88. The Kier molecular flexibility index (Phi) is 3.88. The molecular weight excluding hydrogens is 318 g/mol. The van der Waals surface area contributed by atoms with E-state index in [0.717, 1.165) is 16.4 Å². The number of thiophene rings is 1. The van der Waals surface area contributed by atoms with Crippen molar-refractivity contribution in [1.82, 2.24) is 9.97 Å². The Balaban J connectivity index is 1.71. The first-order chi connectivity index (χ1) is 11.7. The van der Waals surface area contributed by atoms with E-state index in [0.29, 0.717) is 5.92 Å². The van der Waals surface area contributed by atoms with Crippen molar-refractivity contribution in [1.29, 1.82) is 0 Å². The topological polar surface area (TPSA) is 47.0 Å². The van der Waals surface area contributed by atoms with Gasteiger partial charge < -0.3 is 10.1 Å². The van der Waals surface area contributed by atoms with Gasteiger partial charge in [0, 0.05) is 4.88 Å². The summed E-state index contributed by atoms with van der Waals surface area (Å²) >= 11 is 1.74. The van der Waals surface area contributed by atoms with E-state index < -0.39 is 0 Å². The number of hydrogen-bond acceptors (Lipinski definition) is 5. The van der Waals surface area contributed by atoms with Crippen LogP contribution in [0.5, 0.6) is 5.75 Å². The number of methoxy groups -OCH3 is 1. The Morgan fingerprint density at radius 3 is 2.58 bits per heavy atom. The zero-order valence-corrected chi connectivity index (χ0v) is 15.0. The number of aromatic nitrogens is 2. The summed E-state index contributed by atoms with van der Waals surface area (Å²) in [5.41, 5.74) is 2.57. The van der Waals surface area contributed by atoms with Crippen LogP contribution in [0.25, 0.3) is 10.2 Å². The molecule has 1 aromatic carbocycles. The highest BCUT2D eigenvalue weighted by atomic mass is 32.1. The summed E-state index contributed by atoms with van der Waals surface area (Å²) in [5.74, 6) is 2.51. The van der Waals surface area contributed by atoms with Gasteiger partial charge in [0.1, 0.15) is 22.7 Å². The second-order valence-electron chi connectivity index (χ2n) is 6.42. The molecule has 1 N–H and O–H groups in total. The SMILES string of the molecule is COc1ccc([C@H](Nc2ncnc3sc(C)c(C)c23)C2CC2)cc1. The van der Waals surface area contributed by atoms with E-state index in [2.05, 4.69) is 41.3 Å². The average molecular weight is 339 g/mol. The number of nitrogens with zero attached hydrogens (tertiary/aromatic N) is 2. The summed E-state index contributed by atoms with van der Waals surface area (Å²) in [6.07, 6.45) is 4.19. The molecule has 2 aromatic heterocycles. The van der Waals surface area contributed by atoms with E-state index in [-0.39, 0.29) is 6.04 Å². The summed E-state index contributed by atoms with van der Waals surface area (Å²) in [7, 11) is 1.70. The van der Waals surface area contributed by atoms with Gasteiger partial charge >= 0.3 is 0 Å². The molecule has 3 aromatic rings. The number of aryl methyl sites for hydroxylation is 2. The standard InChI is InChI=1S/C19H21N3OS/c1-11-12(2)24-19-16(11)18(20-10-21-19)22-17(13-4-5-13)14-6-8-15(23-3)9-7-14/h6-10,13,17H,4-5H2,1-3H3,(H,20,21,22)/t17-/m1/s1. The molecule has 5 heteroatoms. The second-order valence-corrected chi connectivity index (χ2v) is 7.62. The smallest absolute Gasteiger partial charge is 0.138 e. The highest BCUT2D eigenvalue weighted by Crippen LogP contribution is 2.44. The van der Waals surface area contributed by atoms with Crippen LogP contribution in [-0.4, -0.2) is 17.1 Å². The van der Waals surface area contributed by atoms with Crippen molar-refractivity contribution < 1.29 is 4.74 Å². The van der Waals surface area contributed by atoms with Crippen molar-refractivity contribution >= 4 is 27.4 Å². The largest absolute Gasteiger partial charge is 0.497 e. The van der Waals surface area contributed by atoms with Crippen molar-refractivity contribution in [3.05, 3.63) is 46.6 Å². The molecule has 24 heavy (non-hydrogen) atoms. The summed E-state index contributed by atoms with van der Waals surface area (Å²) in [6, 6.07) is 8.65. The Hall–Kier alpha value is -2.14. The van der Waals surface area contributed by atoms with E-state index in [1.807, 2.05) is 12.1 Å². The average Bonchev–Trinajstić information content (AvgIpc) is 3.40. The lowest BCUT2D eigenvalue weighted by molar-refractivity contribution is 0.414. The Labute approximate surface area is 145 Å². The molecule has 0 unspecified atom stereocenters. The van der Waals surface area contributed by atoms with Crippen molar-refractivity contribution in [3.63, 3.8) is 0 Å². The minimum Gasteiger partial charge on any atom is -0.497 e. The summed E-state index contributed by atoms with van der Waals surface area (Å²) in [4.78, 5) is 11.4. The molecule has 1 fully saturated rings. The Morgan fingerprint density at radius 2 is 1.92 bits per heavy atom. The van der Waals surface area contributed by atoms with Gasteiger partial charge in [0.25, 0.3) is 0 Å².